The van der Waals surface area contributed by atoms with Gasteiger partial charge in [-0.2, -0.15) is 0 Å². The van der Waals surface area contributed by atoms with E-state index in [1.807, 2.05) is 0 Å². The van der Waals surface area contributed by atoms with Gasteiger partial charge in [0.1, 0.15) is 0 Å². The van der Waals surface area contributed by atoms with Crippen LogP contribution in [0.2, 0.25) is 0 Å². The molecule has 2 aliphatic rings. The Morgan fingerprint density at radius 3 is 2.91 bits per heavy atom. The van der Waals surface area contributed by atoms with Crippen LogP contribution < -0.4 is 4.90 Å². The smallest absolute Gasteiger partial charge is 0.0802 e. The number of piperidine rings is 1. The van der Waals surface area contributed by atoms with Crippen LogP contribution in [-0.4, -0.2) is 42.7 Å². The molecular weight excluding hydrogens is 284 g/mol. The van der Waals surface area contributed by atoms with Crippen LogP contribution in [0.4, 0.5) is 5.69 Å². The van der Waals surface area contributed by atoms with Crippen LogP contribution in [0.1, 0.15) is 56.8 Å². The van der Waals surface area contributed by atoms with Crippen molar-refractivity contribution in [2.75, 3.05) is 37.6 Å². The minimum Gasteiger partial charge on any atom is -0.388 e. The Morgan fingerprint density at radius 1 is 1.26 bits per heavy atom. The third kappa shape index (κ3) is 4.07. The third-order valence-electron chi connectivity index (χ3n) is 5.54. The molecular formula is C20H32N2O. The van der Waals surface area contributed by atoms with Crippen molar-refractivity contribution in [1.29, 1.82) is 0 Å². The molecule has 0 aliphatic carbocycles. The van der Waals surface area contributed by atoms with Crippen LogP contribution in [0.3, 0.4) is 0 Å². The van der Waals surface area contributed by atoms with E-state index < -0.39 is 0 Å². The minimum atomic E-state index is -0.325. The van der Waals surface area contributed by atoms with Crippen LogP contribution in [0.15, 0.2) is 18.2 Å². The Kier molecular flexibility index (Phi) is 5.60. The van der Waals surface area contributed by atoms with E-state index in [9.17, 15) is 5.11 Å². The second-order valence-electron chi connectivity index (χ2n) is 7.42. The molecule has 1 fully saturated rings. The van der Waals surface area contributed by atoms with E-state index in [1.54, 1.807) is 0 Å². The summed E-state index contributed by atoms with van der Waals surface area (Å²) >= 11 is 0. The number of likely N-dealkylation sites (tertiary alicyclic amines) is 1. The Morgan fingerprint density at radius 2 is 2.13 bits per heavy atom. The van der Waals surface area contributed by atoms with Gasteiger partial charge in [-0.25, -0.2) is 0 Å². The van der Waals surface area contributed by atoms with E-state index >= 15 is 0 Å². The van der Waals surface area contributed by atoms with Crippen molar-refractivity contribution in [2.45, 2.75) is 52.1 Å². The predicted molar refractivity (Wildman–Crippen MR) is 97.1 cm³/mol. The molecule has 3 heteroatoms. The number of aliphatic hydroxyl groups is 1. The molecule has 0 saturated carbocycles. The van der Waals surface area contributed by atoms with Crippen LogP contribution in [-0.2, 0) is 6.42 Å². The topological polar surface area (TPSA) is 26.7 Å². The lowest BCUT2D eigenvalue weighted by Crippen LogP contribution is -2.35. The molecule has 23 heavy (non-hydrogen) atoms. The van der Waals surface area contributed by atoms with Gasteiger partial charge < -0.3 is 14.9 Å². The second kappa shape index (κ2) is 7.67. The monoisotopic (exact) mass is 316 g/mol. The first-order valence-corrected chi connectivity index (χ1v) is 9.45. The number of aliphatic hydroxyl groups excluding tert-OH is 1. The molecule has 2 atom stereocenters. The number of nitrogens with zero attached hydrogens (tertiary/aromatic N) is 2. The standard InChI is InChI=1S/C20H32N2O/c1-3-22-12-5-7-17-14-18(8-9-19(17)22)20(23)10-13-21-11-4-6-16(2)15-21/h8-9,14,16,20,23H,3-7,10-13,15H2,1-2H3. The van der Waals surface area contributed by atoms with E-state index in [-0.39, 0.29) is 6.10 Å². The maximum absolute atomic E-state index is 10.6. The Bertz CT molecular complexity index is 516. The van der Waals surface area contributed by atoms with Gasteiger partial charge >= 0.3 is 0 Å². The molecule has 0 bridgehead atoms. The molecule has 2 aliphatic heterocycles. The summed E-state index contributed by atoms with van der Waals surface area (Å²) in [5.41, 5.74) is 3.90. The number of fused-ring (bicyclic) bond motifs is 1. The Labute approximate surface area is 141 Å². The summed E-state index contributed by atoms with van der Waals surface area (Å²) in [6.45, 7) is 10.2. The summed E-state index contributed by atoms with van der Waals surface area (Å²) in [7, 11) is 0. The van der Waals surface area contributed by atoms with Gasteiger partial charge in [0.25, 0.3) is 0 Å². The first-order chi connectivity index (χ1) is 11.2. The highest BCUT2D eigenvalue weighted by molar-refractivity contribution is 5.57. The lowest BCUT2D eigenvalue weighted by Gasteiger charge is -2.32. The van der Waals surface area contributed by atoms with Crippen LogP contribution in [0.5, 0.6) is 0 Å². The summed E-state index contributed by atoms with van der Waals surface area (Å²) in [4.78, 5) is 4.97. The van der Waals surface area contributed by atoms with Gasteiger partial charge in [-0.05, 0) is 68.7 Å². The van der Waals surface area contributed by atoms with E-state index in [0.717, 1.165) is 37.4 Å². The molecule has 0 radical (unpaired) electrons. The van der Waals surface area contributed by atoms with Crippen molar-refractivity contribution in [1.82, 2.24) is 4.90 Å². The van der Waals surface area contributed by atoms with Gasteiger partial charge in [-0.15, -0.1) is 0 Å². The highest BCUT2D eigenvalue weighted by atomic mass is 16.3. The second-order valence-corrected chi connectivity index (χ2v) is 7.42. The van der Waals surface area contributed by atoms with Crippen LogP contribution >= 0.6 is 0 Å². The maximum atomic E-state index is 10.6. The summed E-state index contributed by atoms with van der Waals surface area (Å²) in [5, 5.41) is 10.6. The molecule has 0 spiro atoms. The highest BCUT2D eigenvalue weighted by Crippen LogP contribution is 2.30. The van der Waals surface area contributed by atoms with Crippen molar-refractivity contribution in [3.8, 4) is 0 Å². The lowest BCUT2D eigenvalue weighted by molar-refractivity contribution is 0.122. The van der Waals surface area contributed by atoms with Crippen molar-refractivity contribution in [2.24, 2.45) is 5.92 Å². The fourth-order valence-corrected chi connectivity index (χ4v) is 4.19. The zero-order chi connectivity index (χ0) is 16.2. The van der Waals surface area contributed by atoms with Gasteiger partial charge in [-0.3, -0.25) is 0 Å². The molecule has 0 amide bonds. The van der Waals surface area contributed by atoms with Gasteiger partial charge in [0.15, 0.2) is 0 Å². The van der Waals surface area contributed by atoms with Crippen LogP contribution in [0, 0.1) is 5.92 Å². The number of hydrogen-bond donors (Lipinski definition) is 1. The van der Waals surface area contributed by atoms with Gasteiger partial charge in [-0.1, -0.05) is 19.1 Å². The minimum absolute atomic E-state index is 0.325. The molecule has 1 saturated heterocycles. The SMILES string of the molecule is CCN1CCCc2cc(C(O)CCN3CCCC(C)C3)ccc21. The average molecular weight is 316 g/mol. The number of hydrogen-bond acceptors (Lipinski definition) is 3. The van der Waals surface area contributed by atoms with Crippen molar-refractivity contribution >= 4 is 5.69 Å². The molecule has 1 aromatic carbocycles. The molecule has 1 aromatic rings. The Hall–Kier alpha value is -1.06. The molecule has 3 nitrogen and oxygen atoms in total. The molecule has 128 valence electrons. The van der Waals surface area contributed by atoms with Gasteiger partial charge in [0.2, 0.25) is 0 Å². The van der Waals surface area contributed by atoms with E-state index in [0.29, 0.717) is 0 Å². The molecule has 0 aromatic heterocycles. The van der Waals surface area contributed by atoms with Crippen molar-refractivity contribution in [3.05, 3.63) is 29.3 Å². The number of benzene rings is 1. The largest absolute Gasteiger partial charge is 0.388 e. The number of anilines is 1. The normalized spacial score (nSPS) is 23.6. The highest BCUT2D eigenvalue weighted by Gasteiger charge is 2.20. The van der Waals surface area contributed by atoms with E-state index in [4.69, 9.17) is 0 Å². The fourth-order valence-electron chi connectivity index (χ4n) is 4.19. The van der Waals surface area contributed by atoms with E-state index in [2.05, 4.69) is 41.8 Å². The average Bonchev–Trinajstić information content (AvgIpc) is 2.58. The fraction of sp³-hybridized carbons (Fsp3) is 0.700. The van der Waals surface area contributed by atoms with Crippen LogP contribution in [0.25, 0.3) is 0 Å². The van der Waals surface area contributed by atoms with E-state index in [1.165, 1.54) is 50.1 Å². The molecule has 1 N–H and O–H groups in total. The molecule has 2 unspecified atom stereocenters. The summed E-state index contributed by atoms with van der Waals surface area (Å²) < 4.78 is 0. The maximum Gasteiger partial charge on any atom is 0.0802 e. The first-order valence-electron chi connectivity index (χ1n) is 9.45. The van der Waals surface area contributed by atoms with Crippen molar-refractivity contribution < 1.29 is 5.11 Å². The van der Waals surface area contributed by atoms with Gasteiger partial charge in [0.05, 0.1) is 6.10 Å². The quantitative estimate of drug-likeness (QED) is 0.899. The summed E-state index contributed by atoms with van der Waals surface area (Å²) in [5.74, 6) is 0.810. The predicted octanol–water partition coefficient (Wildman–Crippen LogP) is 3.61. The third-order valence-corrected chi connectivity index (χ3v) is 5.54. The summed E-state index contributed by atoms with van der Waals surface area (Å²) in [6, 6.07) is 6.61. The molecule has 2 heterocycles. The first kappa shape index (κ1) is 16.8. The number of aryl methyl sites for hydroxylation is 1. The summed E-state index contributed by atoms with van der Waals surface area (Å²) in [6.07, 6.45) is 5.57. The Balaban J connectivity index is 1.60. The molecule has 3 rings (SSSR count). The zero-order valence-electron chi connectivity index (χ0n) is 14.8. The number of rotatable bonds is 5. The van der Waals surface area contributed by atoms with Gasteiger partial charge in [0, 0.05) is 31.9 Å². The zero-order valence-corrected chi connectivity index (χ0v) is 14.8. The lowest BCUT2D eigenvalue weighted by atomic mass is 9.95. The van der Waals surface area contributed by atoms with Crippen molar-refractivity contribution in [3.63, 3.8) is 0 Å².